The molecule has 21 heavy (non-hydrogen) atoms. The number of hydrogen-bond acceptors (Lipinski definition) is 4. The number of carbonyl (C=O) groups excluding carboxylic acids is 1. The number of aromatic nitrogens is 1. The zero-order valence-electron chi connectivity index (χ0n) is 13.1. The molecule has 3 fully saturated rings. The molecule has 6 nitrogen and oxygen atoms in total. The first-order chi connectivity index (χ1) is 10.1. The Kier molecular flexibility index (Phi) is 3.89. The molecule has 0 radical (unpaired) electrons. The fraction of sp³-hybridized carbons (Fsp3) is 0.733. The zero-order valence-corrected chi connectivity index (χ0v) is 13.1. The maximum atomic E-state index is 12.6. The Hall–Kier alpha value is -1.56. The topological polar surface area (TPSA) is 61.6 Å². The molecule has 1 aromatic heterocycles. The van der Waals surface area contributed by atoms with Crippen molar-refractivity contribution in [2.24, 2.45) is 0 Å². The van der Waals surface area contributed by atoms with Gasteiger partial charge < -0.3 is 19.6 Å². The van der Waals surface area contributed by atoms with Gasteiger partial charge in [0.05, 0.1) is 11.7 Å². The fourth-order valence-corrected chi connectivity index (χ4v) is 3.60. The summed E-state index contributed by atoms with van der Waals surface area (Å²) in [5, 5.41) is 7.08. The van der Waals surface area contributed by atoms with E-state index >= 15 is 0 Å². The zero-order chi connectivity index (χ0) is 15.0. The molecule has 0 aromatic carbocycles. The van der Waals surface area contributed by atoms with Crippen molar-refractivity contribution in [3.8, 4) is 0 Å². The molecule has 1 aromatic rings. The number of hydrogen-bond donors (Lipinski definition) is 1. The predicted molar refractivity (Wildman–Crippen MR) is 79.1 cm³/mol. The first-order valence-electron chi connectivity index (χ1n) is 7.78. The van der Waals surface area contributed by atoms with E-state index in [0.717, 1.165) is 56.0 Å². The summed E-state index contributed by atoms with van der Waals surface area (Å²) >= 11 is 0. The second-order valence-corrected chi connectivity index (χ2v) is 6.18. The van der Waals surface area contributed by atoms with Crippen LogP contribution in [0.15, 0.2) is 4.52 Å². The van der Waals surface area contributed by atoms with Crippen molar-refractivity contribution in [1.82, 2.24) is 20.3 Å². The smallest absolute Gasteiger partial charge is 0.318 e. The van der Waals surface area contributed by atoms with Gasteiger partial charge in [0.1, 0.15) is 5.76 Å². The van der Waals surface area contributed by atoms with E-state index in [1.165, 1.54) is 0 Å². The Balaban J connectivity index is 1.68. The molecule has 0 aliphatic carbocycles. The molecule has 1 atom stereocenters. The summed E-state index contributed by atoms with van der Waals surface area (Å²) in [5.74, 6) is 0.781. The van der Waals surface area contributed by atoms with Crippen LogP contribution >= 0.6 is 0 Å². The number of aryl methyl sites for hydroxylation is 2. The highest BCUT2D eigenvalue weighted by Crippen LogP contribution is 2.24. The lowest BCUT2D eigenvalue weighted by Gasteiger charge is -2.32. The summed E-state index contributed by atoms with van der Waals surface area (Å²) in [6, 6.07) is 0.348. The molecule has 0 spiro atoms. The van der Waals surface area contributed by atoms with Gasteiger partial charge >= 0.3 is 6.03 Å². The number of piperidine rings is 1. The van der Waals surface area contributed by atoms with Crippen LogP contribution in [0.1, 0.15) is 42.8 Å². The highest BCUT2D eigenvalue weighted by molar-refractivity contribution is 5.75. The molecule has 1 N–H and O–H groups in total. The van der Waals surface area contributed by atoms with Crippen molar-refractivity contribution in [2.75, 3.05) is 26.2 Å². The van der Waals surface area contributed by atoms with Crippen LogP contribution in [0.3, 0.4) is 0 Å². The molecular formula is C15H24N4O2. The van der Waals surface area contributed by atoms with Gasteiger partial charge in [-0.3, -0.25) is 0 Å². The maximum absolute atomic E-state index is 12.6. The SMILES string of the molecule is Cc1noc(C)c1C(C)NC(=O)N1CCN2CCC1CC2. The molecule has 1 unspecified atom stereocenters. The second-order valence-electron chi connectivity index (χ2n) is 6.18. The Morgan fingerprint density at radius 2 is 2.00 bits per heavy atom. The molecule has 4 rings (SSSR count). The summed E-state index contributed by atoms with van der Waals surface area (Å²) in [4.78, 5) is 17.1. The third kappa shape index (κ3) is 2.77. The first-order valence-corrected chi connectivity index (χ1v) is 7.78. The Bertz CT molecular complexity index is 500. The number of fused-ring (bicyclic) bond motifs is 4. The quantitative estimate of drug-likeness (QED) is 0.903. The summed E-state index contributed by atoms with van der Waals surface area (Å²) < 4.78 is 5.19. The van der Waals surface area contributed by atoms with Crippen LogP contribution in [0.5, 0.6) is 0 Å². The van der Waals surface area contributed by atoms with Crippen molar-refractivity contribution in [3.63, 3.8) is 0 Å². The lowest BCUT2D eigenvalue weighted by Crippen LogP contribution is -2.47. The number of urea groups is 1. The van der Waals surface area contributed by atoms with Gasteiger partial charge in [-0.05, 0) is 33.6 Å². The Labute approximate surface area is 125 Å². The molecule has 6 heteroatoms. The van der Waals surface area contributed by atoms with E-state index in [1.807, 2.05) is 25.7 Å². The summed E-state index contributed by atoms with van der Waals surface area (Å²) in [6.07, 6.45) is 2.18. The highest BCUT2D eigenvalue weighted by atomic mass is 16.5. The molecule has 4 heterocycles. The van der Waals surface area contributed by atoms with Crippen LogP contribution in [-0.2, 0) is 0 Å². The van der Waals surface area contributed by atoms with Gasteiger partial charge in [0.2, 0.25) is 0 Å². The molecular weight excluding hydrogens is 268 g/mol. The average Bonchev–Trinajstić information content (AvgIpc) is 2.66. The number of rotatable bonds is 2. The number of carbonyl (C=O) groups is 1. The van der Waals surface area contributed by atoms with Gasteiger partial charge in [0, 0.05) is 37.8 Å². The van der Waals surface area contributed by atoms with E-state index in [-0.39, 0.29) is 12.1 Å². The molecule has 3 aliphatic rings. The minimum absolute atomic E-state index is 0.0382. The third-order valence-corrected chi connectivity index (χ3v) is 4.78. The first kappa shape index (κ1) is 14.4. The van der Waals surface area contributed by atoms with Crippen LogP contribution < -0.4 is 5.32 Å². The largest absolute Gasteiger partial charge is 0.361 e. The van der Waals surface area contributed by atoms with Gasteiger partial charge in [-0.2, -0.15) is 0 Å². The summed E-state index contributed by atoms with van der Waals surface area (Å²) in [7, 11) is 0. The minimum Gasteiger partial charge on any atom is -0.361 e. The molecule has 0 saturated carbocycles. The predicted octanol–water partition coefficient (Wildman–Crippen LogP) is 1.84. The van der Waals surface area contributed by atoms with Crippen molar-refractivity contribution < 1.29 is 9.32 Å². The molecule has 3 aliphatic heterocycles. The maximum Gasteiger partial charge on any atom is 0.318 e. The molecule has 2 bridgehead atoms. The molecule has 2 amide bonds. The van der Waals surface area contributed by atoms with Gasteiger partial charge in [0.15, 0.2) is 0 Å². The Morgan fingerprint density at radius 1 is 1.29 bits per heavy atom. The van der Waals surface area contributed by atoms with Crippen molar-refractivity contribution in [1.29, 1.82) is 0 Å². The summed E-state index contributed by atoms with van der Waals surface area (Å²) in [5.41, 5.74) is 1.84. The fourth-order valence-electron chi connectivity index (χ4n) is 3.60. The van der Waals surface area contributed by atoms with E-state index in [4.69, 9.17) is 4.52 Å². The van der Waals surface area contributed by atoms with Crippen molar-refractivity contribution >= 4 is 6.03 Å². The normalized spacial score (nSPS) is 26.5. The van der Waals surface area contributed by atoms with Crippen LogP contribution in [0, 0.1) is 13.8 Å². The number of amides is 2. The monoisotopic (exact) mass is 292 g/mol. The number of nitrogens with one attached hydrogen (secondary N) is 1. The van der Waals surface area contributed by atoms with E-state index in [1.54, 1.807) is 0 Å². The van der Waals surface area contributed by atoms with E-state index in [9.17, 15) is 4.79 Å². The van der Waals surface area contributed by atoms with Gasteiger partial charge in [-0.15, -0.1) is 0 Å². The van der Waals surface area contributed by atoms with Crippen LogP contribution in [-0.4, -0.2) is 53.2 Å². The van der Waals surface area contributed by atoms with Gasteiger partial charge in [-0.25, -0.2) is 4.79 Å². The minimum atomic E-state index is -0.0792. The van der Waals surface area contributed by atoms with Crippen LogP contribution in [0.25, 0.3) is 0 Å². The lowest BCUT2D eigenvalue weighted by molar-refractivity contribution is 0.168. The van der Waals surface area contributed by atoms with Crippen LogP contribution in [0.4, 0.5) is 4.79 Å². The standard InChI is InChI=1S/C15H24N4O2/c1-10(14-11(2)17-21-12(14)3)16-15(20)19-9-8-18-6-4-13(19)5-7-18/h10,13H,4-9H2,1-3H3,(H,16,20). The summed E-state index contributed by atoms with van der Waals surface area (Å²) in [6.45, 7) is 9.84. The highest BCUT2D eigenvalue weighted by Gasteiger charge is 2.32. The second kappa shape index (κ2) is 5.67. The van der Waals surface area contributed by atoms with Crippen molar-refractivity contribution in [2.45, 2.75) is 45.7 Å². The van der Waals surface area contributed by atoms with E-state index < -0.39 is 0 Å². The van der Waals surface area contributed by atoms with Crippen molar-refractivity contribution in [3.05, 3.63) is 17.0 Å². The van der Waals surface area contributed by atoms with E-state index in [0.29, 0.717) is 6.04 Å². The van der Waals surface area contributed by atoms with E-state index in [2.05, 4.69) is 15.4 Å². The molecule has 3 saturated heterocycles. The Morgan fingerprint density at radius 3 is 2.62 bits per heavy atom. The lowest BCUT2D eigenvalue weighted by atomic mass is 10.1. The van der Waals surface area contributed by atoms with Gasteiger partial charge in [-0.1, -0.05) is 5.16 Å². The molecule has 116 valence electrons. The van der Waals surface area contributed by atoms with Crippen LogP contribution in [0.2, 0.25) is 0 Å². The van der Waals surface area contributed by atoms with Gasteiger partial charge in [0.25, 0.3) is 0 Å². The third-order valence-electron chi connectivity index (χ3n) is 4.78. The number of nitrogens with zero attached hydrogens (tertiary/aromatic N) is 3. The average molecular weight is 292 g/mol.